The van der Waals surface area contributed by atoms with E-state index in [1.807, 2.05) is 6.92 Å². The van der Waals surface area contributed by atoms with E-state index < -0.39 is 4.92 Å². The van der Waals surface area contributed by atoms with Crippen LogP contribution in [0.5, 0.6) is 0 Å². The Morgan fingerprint density at radius 1 is 1.56 bits per heavy atom. The van der Waals surface area contributed by atoms with Crippen LogP contribution in [0.25, 0.3) is 0 Å². The van der Waals surface area contributed by atoms with Crippen LogP contribution < -0.4 is 10.6 Å². The Balaban J connectivity index is 2.21. The lowest BCUT2D eigenvalue weighted by Gasteiger charge is -2.36. The van der Waals surface area contributed by atoms with Gasteiger partial charge >= 0.3 is 0 Å². The van der Waals surface area contributed by atoms with Gasteiger partial charge < -0.3 is 15.7 Å². The van der Waals surface area contributed by atoms with Gasteiger partial charge in [-0.05, 0) is 18.4 Å². The molecule has 0 aliphatic carbocycles. The van der Waals surface area contributed by atoms with Gasteiger partial charge in [-0.15, -0.1) is 0 Å². The number of non-ortho nitro benzene ring substituents is 1. The number of nitrogens with zero attached hydrogens (tertiary/aromatic N) is 2. The molecule has 2 unspecified atom stereocenters. The minimum absolute atomic E-state index is 0.00124. The summed E-state index contributed by atoms with van der Waals surface area (Å²) in [5, 5.41) is 20.3. The quantitative estimate of drug-likeness (QED) is 0.470. The van der Waals surface area contributed by atoms with Crippen molar-refractivity contribution in [2.75, 3.05) is 23.7 Å². The van der Waals surface area contributed by atoms with Crippen molar-refractivity contribution in [3.8, 4) is 0 Å². The molecule has 6 heteroatoms. The molecule has 6 nitrogen and oxygen atoms in total. The molecule has 1 heterocycles. The molecule has 3 N–H and O–H groups in total. The first-order valence-corrected chi connectivity index (χ1v) is 5.96. The van der Waals surface area contributed by atoms with Gasteiger partial charge in [0.15, 0.2) is 0 Å². The second-order valence-corrected chi connectivity index (χ2v) is 4.78. The number of nitrogens with two attached hydrogens (primary N) is 1. The number of hydrogen-bond acceptors (Lipinski definition) is 5. The molecule has 1 fully saturated rings. The molecule has 98 valence electrons. The van der Waals surface area contributed by atoms with Crippen LogP contribution in [-0.4, -0.2) is 29.2 Å². The molecule has 2 rings (SSSR count). The fraction of sp³-hybridized carbons (Fsp3) is 0.500. The first-order valence-electron chi connectivity index (χ1n) is 5.96. The van der Waals surface area contributed by atoms with Gasteiger partial charge in [0.2, 0.25) is 0 Å². The molecule has 1 saturated heterocycles. The number of aliphatic hydroxyl groups is 1. The van der Waals surface area contributed by atoms with Gasteiger partial charge in [-0.2, -0.15) is 0 Å². The Labute approximate surface area is 105 Å². The fourth-order valence-corrected chi connectivity index (χ4v) is 2.30. The number of piperidine rings is 1. The van der Waals surface area contributed by atoms with E-state index in [9.17, 15) is 15.2 Å². The number of aliphatic hydroxyl groups excluding tert-OH is 1. The van der Waals surface area contributed by atoms with Crippen molar-refractivity contribution in [1.29, 1.82) is 0 Å². The number of benzene rings is 1. The van der Waals surface area contributed by atoms with Gasteiger partial charge in [0.1, 0.15) is 0 Å². The summed E-state index contributed by atoms with van der Waals surface area (Å²) in [5.74, 6) is 0.174. The third-order valence-electron chi connectivity index (χ3n) is 3.42. The zero-order valence-electron chi connectivity index (χ0n) is 10.2. The highest BCUT2D eigenvalue weighted by Gasteiger charge is 2.25. The highest BCUT2D eigenvalue weighted by atomic mass is 16.6. The van der Waals surface area contributed by atoms with Crippen LogP contribution in [0.4, 0.5) is 17.1 Å². The maximum atomic E-state index is 10.6. The van der Waals surface area contributed by atoms with E-state index in [0.29, 0.717) is 25.2 Å². The number of anilines is 2. The zero-order valence-corrected chi connectivity index (χ0v) is 10.2. The summed E-state index contributed by atoms with van der Waals surface area (Å²) >= 11 is 0. The summed E-state index contributed by atoms with van der Waals surface area (Å²) in [6.45, 7) is 3.41. The molecule has 2 atom stereocenters. The van der Waals surface area contributed by atoms with Gasteiger partial charge in [0, 0.05) is 25.2 Å². The highest BCUT2D eigenvalue weighted by molar-refractivity contribution is 5.70. The topological polar surface area (TPSA) is 92.6 Å². The van der Waals surface area contributed by atoms with E-state index in [2.05, 4.69) is 4.90 Å². The zero-order chi connectivity index (χ0) is 13.3. The predicted molar refractivity (Wildman–Crippen MR) is 69.5 cm³/mol. The molecule has 0 saturated carbocycles. The molecule has 0 bridgehead atoms. The predicted octanol–water partition coefficient (Wildman–Crippen LogP) is 1.38. The lowest BCUT2D eigenvalue weighted by atomic mass is 9.96. The second-order valence-electron chi connectivity index (χ2n) is 4.78. The van der Waals surface area contributed by atoms with Gasteiger partial charge in [0.05, 0.1) is 22.4 Å². The highest BCUT2D eigenvalue weighted by Crippen LogP contribution is 2.30. The Morgan fingerprint density at radius 2 is 2.28 bits per heavy atom. The summed E-state index contributed by atoms with van der Waals surface area (Å²) < 4.78 is 0. The van der Waals surface area contributed by atoms with Crippen molar-refractivity contribution in [2.24, 2.45) is 5.92 Å². The molecule has 0 aromatic heterocycles. The van der Waals surface area contributed by atoms with Crippen molar-refractivity contribution in [3.63, 3.8) is 0 Å². The van der Waals surface area contributed by atoms with Gasteiger partial charge in [-0.25, -0.2) is 0 Å². The van der Waals surface area contributed by atoms with E-state index in [0.717, 1.165) is 5.69 Å². The molecule has 1 aliphatic heterocycles. The number of nitrogen functional groups attached to an aromatic ring is 1. The first kappa shape index (κ1) is 12.6. The number of nitro benzene ring substituents is 1. The first-order chi connectivity index (χ1) is 8.49. The number of hydrogen-bond donors (Lipinski definition) is 2. The minimum Gasteiger partial charge on any atom is -0.397 e. The summed E-state index contributed by atoms with van der Waals surface area (Å²) in [5.41, 5.74) is 7.08. The van der Waals surface area contributed by atoms with Crippen LogP contribution in [0.2, 0.25) is 0 Å². The molecule has 1 aliphatic rings. The largest absolute Gasteiger partial charge is 0.397 e. The van der Waals surface area contributed by atoms with Crippen LogP contribution in [-0.2, 0) is 0 Å². The molecule has 0 spiro atoms. The SMILES string of the molecule is CC1CN(c2ccc([N+](=O)[O-])cc2N)CCC1O. The number of rotatable bonds is 2. The lowest BCUT2D eigenvalue weighted by molar-refractivity contribution is -0.384. The maximum absolute atomic E-state index is 10.6. The average molecular weight is 251 g/mol. The van der Waals surface area contributed by atoms with Crippen LogP contribution in [0.1, 0.15) is 13.3 Å². The van der Waals surface area contributed by atoms with Crippen molar-refractivity contribution in [2.45, 2.75) is 19.4 Å². The Morgan fingerprint density at radius 3 is 2.83 bits per heavy atom. The van der Waals surface area contributed by atoms with E-state index in [1.165, 1.54) is 12.1 Å². The summed E-state index contributed by atoms with van der Waals surface area (Å²) in [4.78, 5) is 12.2. The molecule has 0 amide bonds. The van der Waals surface area contributed by atoms with Gasteiger partial charge in [0.25, 0.3) is 5.69 Å². The summed E-state index contributed by atoms with van der Waals surface area (Å²) in [7, 11) is 0. The monoisotopic (exact) mass is 251 g/mol. The Bertz CT molecular complexity index is 464. The second kappa shape index (κ2) is 4.81. The van der Waals surface area contributed by atoms with E-state index >= 15 is 0 Å². The minimum atomic E-state index is -0.456. The molecule has 0 radical (unpaired) electrons. The normalized spacial score (nSPS) is 24.0. The third-order valence-corrected chi connectivity index (χ3v) is 3.42. The van der Waals surface area contributed by atoms with Gasteiger partial charge in [-0.3, -0.25) is 10.1 Å². The maximum Gasteiger partial charge on any atom is 0.271 e. The fourth-order valence-electron chi connectivity index (χ4n) is 2.30. The average Bonchev–Trinajstić information content (AvgIpc) is 2.32. The van der Waals surface area contributed by atoms with Crippen LogP contribution in [0, 0.1) is 16.0 Å². The molecule has 1 aromatic carbocycles. The lowest BCUT2D eigenvalue weighted by Crippen LogP contribution is -2.42. The van der Waals surface area contributed by atoms with E-state index in [-0.39, 0.29) is 17.7 Å². The van der Waals surface area contributed by atoms with Crippen molar-refractivity contribution >= 4 is 17.1 Å². The third kappa shape index (κ3) is 2.38. The van der Waals surface area contributed by atoms with Crippen molar-refractivity contribution in [1.82, 2.24) is 0 Å². The molecular formula is C12H17N3O3. The van der Waals surface area contributed by atoms with Crippen LogP contribution in [0.3, 0.4) is 0 Å². The molecular weight excluding hydrogens is 234 g/mol. The molecule has 1 aromatic rings. The Kier molecular flexibility index (Phi) is 3.38. The Hall–Kier alpha value is -1.82. The van der Waals surface area contributed by atoms with Crippen LogP contribution in [0.15, 0.2) is 18.2 Å². The standard InChI is InChI=1S/C12H17N3O3/c1-8-7-14(5-4-12(8)16)11-3-2-9(15(17)18)6-10(11)13/h2-3,6,8,12,16H,4-5,7,13H2,1H3. The smallest absolute Gasteiger partial charge is 0.271 e. The summed E-state index contributed by atoms with van der Waals surface area (Å²) in [6.07, 6.45) is 0.415. The van der Waals surface area contributed by atoms with E-state index in [1.54, 1.807) is 6.07 Å². The molecule has 18 heavy (non-hydrogen) atoms. The van der Waals surface area contributed by atoms with Crippen molar-refractivity contribution in [3.05, 3.63) is 28.3 Å². The number of nitro groups is 1. The van der Waals surface area contributed by atoms with Gasteiger partial charge in [-0.1, -0.05) is 6.92 Å². The van der Waals surface area contributed by atoms with Crippen molar-refractivity contribution < 1.29 is 10.0 Å². The summed E-state index contributed by atoms with van der Waals surface area (Å²) in [6, 6.07) is 4.52. The van der Waals surface area contributed by atoms with Crippen LogP contribution >= 0.6 is 0 Å². The van der Waals surface area contributed by atoms with E-state index in [4.69, 9.17) is 5.73 Å².